The molecule has 0 radical (unpaired) electrons. The van der Waals surface area contributed by atoms with Crippen molar-refractivity contribution in [1.82, 2.24) is 0 Å². The van der Waals surface area contributed by atoms with Gasteiger partial charge in [-0.15, -0.1) is 0 Å². The monoisotopic (exact) mass is 434 g/mol. The number of hydrogen-bond acceptors (Lipinski definition) is 5. The van der Waals surface area contributed by atoms with Crippen molar-refractivity contribution in [3.63, 3.8) is 0 Å². The van der Waals surface area contributed by atoms with E-state index in [-0.39, 0.29) is 25.4 Å². The van der Waals surface area contributed by atoms with E-state index in [0.717, 1.165) is 16.5 Å². The van der Waals surface area contributed by atoms with Crippen LogP contribution in [0.1, 0.15) is 22.3 Å². The number of benzene rings is 3. The third-order valence-electron chi connectivity index (χ3n) is 5.30. The maximum atomic E-state index is 15.0. The fourth-order valence-electron chi connectivity index (χ4n) is 3.70. The summed E-state index contributed by atoms with van der Waals surface area (Å²) < 4.78 is 26.6. The standard InChI is InChI=1S/C25H23FN2O4/c26-24-19(13-28)2-1-3-20(24)21-9-16(8-18-6-7-31-25(18)21)14-32-22-10-15(12-27)4-5-17(22)11-23(29)30/h1-10H,11-14,27-28H2,(H,29,30). The third-order valence-corrected chi connectivity index (χ3v) is 5.30. The van der Waals surface area contributed by atoms with Crippen molar-refractivity contribution >= 4 is 16.9 Å². The van der Waals surface area contributed by atoms with Crippen LogP contribution in [0.5, 0.6) is 5.75 Å². The summed E-state index contributed by atoms with van der Waals surface area (Å²) in [6.07, 6.45) is 1.39. The minimum absolute atomic E-state index is 0.0909. The van der Waals surface area contributed by atoms with Gasteiger partial charge in [0.05, 0.1) is 12.7 Å². The Morgan fingerprint density at radius 3 is 2.56 bits per heavy atom. The zero-order valence-electron chi connectivity index (χ0n) is 17.3. The maximum absolute atomic E-state index is 15.0. The molecule has 7 heteroatoms. The Morgan fingerprint density at radius 1 is 0.969 bits per heavy atom. The Hall–Kier alpha value is -3.68. The predicted octanol–water partition coefficient (Wildman–Crippen LogP) is 4.36. The van der Waals surface area contributed by atoms with Crippen LogP contribution < -0.4 is 16.2 Å². The molecule has 0 bridgehead atoms. The van der Waals surface area contributed by atoms with Crippen LogP contribution in [0.25, 0.3) is 22.1 Å². The van der Waals surface area contributed by atoms with Crippen LogP contribution in [-0.2, 0) is 30.9 Å². The molecule has 4 rings (SSSR count). The lowest BCUT2D eigenvalue weighted by Crippen LogP contribution is -2.06. The van der Waals surface area contributed by atoms with E-state index in [2.05, 4.69) is 0 Å². The number of carboxylic acid groups (broad SMARTS) is 1. The number of nitrogens with two attached hydrogens (primary N) is 2. The Morgan fingerprint density at radius 2 is 1.81 bits per heavy atom. The normalized spacial score (nSPS) is 11.1. The molecular weight excluding hydrogens is 411 g/mol. The summed E-state index contributed by atoms with van der Waals surface area (Å²) >= 11 is 0. The van der Waals surface area contributed by atoms with Crippen molar-refractivity contribution in [2.75, 3.05) is 0 Å². The van der Waals surface area contributed by atoms with Gasteiger partial charge in [0, 0.05) is 40.7 Å². The molecular formula is C25H23FN2O4. The van der Waals surface area contributed by atoms with Crippen molar-refractivity contribution in [3.8, 4) is 16.9 Å². The molecule has 0 aliphatic rings. The van der Waals surface area contributed by atoms with Gasteiger partial charge in [-0.3, -0.25) is 4.79 Å². The van der Waals surface area contributed by atoms with Crippen molar-refractivity contribution in [3.05, 3.63) is 88.9 Å². The lowest BCUT2D eigenvalue weighted by Gasteiger charge is -2.14. The number of hydrogen-bond donors (Lipinski definition) is 3. The zero-order chi connectivity index (χ0) is 22.7. The maximum Gasteiger partial charge on any atom is 0.307 e. The highest BCUT2D eigenvalue weighted by Crippen LogP contribution is 2.34. The average molecular weight is 434 g/mol. The fraction of sp³-hybridized carbons (Fsp3) is 0.160. The van der Waals surface area contributed by atoms with Gasteiger partial charge < -0.3 is 25.7 Å². The minimum Gasteiger partial charge on any atom is -0.489 e. The average Bonchev–Trinajstić information content (AvgIpc) is 3.26. The molecule has 0 saturated heterocycles. The molecule has 0 fully saturated rings. The second-order valence-electron chi connectivity index (χ2n) is 7.47. The third kappa shape index (κ3) is 4.34. The molecule has 1 aromatic heterocycles. The van der Waals surface area contributed by atoms with Crippen LogP contribution in [0.4, 0.5) is 4.39 Å². The van der Waals surface area contributed by atoms with Gasteiger partial charge in [0.2, 0.25) is 0 Å². The molecule has 164 valence electrons. The molecule has 3 aromatic carbocycles. The van der Waals surface area contributed by atoms with Crippen LogP contribution in [0.2, 0.25) is 0 Å². The van der Waals surface area contributed by atoms with E-state index in [1.807, 2.05) is 12.1 Å². The van der Waals surface area contributed by atoms with Crippen LogP contribution in [0.15, 0.2) is 65.3 Å². The van der Waals surface area contributed by atoms with Crippen molar-refractivity contribution < 1.29 is 23.4 Å². The summed E-state index contributed by atoms with van der Waals surface area (Å²) in [6, 6.07) is 15.9. The molecule has 0 aliphatic carbocycles. The highest BCUT2D eigenvalue weighted by atomic mass is 19.1. The summed E-state index contributed by atoms with van der Waals surface area (Å²) in [6.45, 7) is 0.562. The first-order valence-corrected chi connectivity index (χ1v) is 10.1. The topological polar surface area (TPSA) is 112 Å². The number of carboxylic acids is 1. The molecule has 0 aliphatic heterocycles. The Balaban J connectivity index is 1.71. The molecule has 0 unspecified atom stereocenters. The van der Waals surface area contributed by atoms with E-state index in [9.17, 15) is 9.90 Å². The first-order valence-electron chi connectivity index (χ1n) is 10.1. The van der Waals surface area contributed by atoms with E-state index in [4.69, 9.17) is 20.6 Å². The summed E-state index contributed by atoms with van der Waals surface area (Å²) in [5, 5.41) is 10.00. The Bertz CT molecular complexity index is 1280. The first kappa shape index (κ1) is 21.5. The van der Waals surface area contributed by atoms with Gasteiger partial charge in [-0.2, -0.15) is 0 Å². The van der Waals surface area contributed by atoms with Crippen LogP contribution in [0.3, 0.4) is 0 Å². The molecule has 0 atom stereocenters. The lowest BCUT2D eigenvalue weighted by molar-refractivity contribution is -0.136. The SMILES string of the molecule is NCc1ccc(CC(=O)O)c(OCc2cc(-c3cccc(CN)c3F)c3occc3c2)c1. The Kier molecular flexibility index (Phi) is 6.20. The van der Waals surface area contributed by atoms with E-state index < -0.39 is 5.97 Å². The van der Waals surface area contributed by atoms with Crippen molar-refractivity contribution in [2.24, 2.45) is 11.5 Å². The summed E-state index contributed by atoms with van der Waals surface area (Å²) in [5.41, 5.74) is 15.5. The van der Waals surface area contributed by atoms with E-state index in [1.165, 1.54) is 0 Å². The molecule has 5 N–H and O–H groups in total. The van der Waals surface area contributed by atoms with Crippen LogP contribution in [0, 0.1) is 5.82 Å². The largest absolute Gasteiger partial charge is 0.489 e. The fourth-order valence-corrected chi connectivity index (χ4v) is 3.70. The second kappa shape index (κ2) is 9.21. The van der Waals surface area contributed by atoms with Gasteiger partial charge in [0.1, 0.15) is 23.8 Å². The van der Waals surface area contributed by atoms with Crippen molar-refractivity contribution in [2.45, 2.75) is 26.1 Å². The number of ether oxygens (including phenoxy) is 1. The molecule has 0 spiro atoms. The molecule has 0 saturated carbocycles. The van der Waals surface area contributed by atoms with E-state index >= 15 is 4.39 Å². The minimum atomic E-state index is -0.951. The Labute approximate surface area is 184 Å². The summed E-state index contributed by atoms with van der Waals surface area (Å²) in [7, 11) is 0. The number of carbonyl (C=O) groups is 1. The van der Waals surface area contributed by atoms with Crippen molar-refractivity contribution in [1.29, 1.82) is 0 Å². The van der Waals surface area contributed by atoms with Crippen LogP contribution >= 0.6 is 0 Å². The zero-order valence-corrected chi connectivity index (χ0v) is 17.3. The molecule has 0 amide bonds. The van der Waals surface area contributed by atoms with Gasteiger partial charge in [-0.25, -0.2) is 4.39 Å². The van der Waals surface area contributed by atoms with E-state index in [1.54, 1.807) is 48.7 Å². The highest BCUT2D eigenvalue weighted by molar-refractivity contribution is 5.93. The van der Waals surface area contributed by atoms with Gasteiger partial charge in [0.15, 0.2) is 0 Å². The molecule has 1 heterocycles. The smallest absolute Gasteiger partial charge is 0.307 e. The van der Waals surface area contributed by atoms with Gasteiger partial charge in [-0.1, -0.05) is 30.3 Å². The van der Waals surface area contributed by atoms with Gasteiger partial charge in [0.25, 0.3) is 0 Å². The molecule has 6 nitrogen and oxygen atoms in total. The van der Waals surface area contributed by atoms with Crippen LogP contribution in [-0.4, -0.2) is 11.1 Å². The number of aliphatic carboxylic acids is 1. The number of halogens is 1. The summed E-state index contributed by atoms with van der Waals surface area (Å²) in [4.78, 5) is 11.2. The molecule has 32 heavy (non-hydrogen) atoms. The summed E-state index contributed by atoms with van der Waals surface area (Å²) in [5.74, 6) is -0.877. The quantitative estimate of drug-likeness (QED) is 0.380. The van der Waals surface area contributed by atoms with E-state index in [0.29, 0.717) is 40.1 Å². The number of fused-ring (bicyclic) bond motifs is 1. The molecule has 4 aromatic rings. The second-order valence-corrected chi connectivity index (χ2v) is 7.47. The lowest BCUT2D eigenvalue weighted by atomic mass is 9.98. The predicted molar refractivity (Wildman–Crippen MR) is 120 cm³/mol. The van der Waals surface area contributed by atoms with Gasteiger partial charge >= 0.3 is 5.97 Å². The number of rotatable bonds is 8. The number of furan rings is 1. The van der Waals surface area contributed by atoms with Gasteiger partial charge in [-0.05, 0) is 35.4 Å². The first-order chi connectivity index (χ1) is 15.5. The highest BCUT2D eigenvalue weighted by Gasteiger charge is 2.16.